The molecule has 1 aliphatic rings. The minimum Gasteiger partial charge on any atom is -0.462 e. The molecule has 0 saturated carbocycles. The van der Waals surface area contributed by atoms with Gasteiger partial charge in [0.05, 0.1) is 12.2 Å². The largest absolute Gasteiger partial charge is 0.462 e. The monoisotopic (exact) mass is 335 g/mol. The Morgan fingerprint density at radius 2 is 2.09 bits per heavy atom. The van der Waals surface area contributed by atoms with Crippen LogP contribution >= 0.6 is 11.3 Å². The zero-order chi connectivity index (χ0) is 17.0. The van der Waals surface area contributed by atoms with E-state index in [1.165, 1.54) is 16.2 Å². The maximum Gasteiger partial charge on any atom is 0.341 e. The molecule has 0 radical (unpaired) electrons. The number of ether oxygens (including phenoxy) is 1. The fourth-order valence-electron chi connectivity index (χ4n) is 2.92. The Bertz CT molecular complexity index is 626. The van der Waals surface area contributed by atoms with E-state index in [1.807, 2.05) is 13.8 Å². The zero-order valence-electron chi connectivity index (χ0n) is 14.3. The second-order valence-electron chi connectivity index (χ2n) is 6.16. The Labute approximate surface area is 141 Å². The number of hydrogen-bond donors (Lipinski definition) is 1. The molecule has 23 heavy (non-hydrogen) atoms. The quantitative estimate of drug-likeness (QED) is 0.643. The Morgan fingerprint density at radius 1 is 1.35 bits per heavy atom. The lowest BCUT2D eigenvalue weighted by molar-refractivity contribution is -0.111. The van der Waals surface area contributed by atoms with Gasteiger partial charge in [0.2, 0.25) is 5.91 Å². The number of thiophene rings is 1. The molecule has 0 fully saturated rings. The summed E-state index contributed by atoms with van der Waals surface area (Å²) in [5, 5.41) is 3.51. The van der Waals surface area contributed by atoms with Crippen molar-refractivity contribution in [3.8, 4) is 0 Å². The van der Waals surface area contributed by atoms with Crippen molar-refractivity contribution in [1.29, 1.82) is 0 Å². The van der Waals surface area contributed by atoms with E-state index < -0.39 is 0 Å². The molecule has 0 saturated heterocycles. The van der Waals surface area contributed by atoms with Gasteiger partial charge < -0.3 is 10.1 Å². The van der Waals surface area contributed by atoms with E-state index in [4.69, 9.17) is 4.74 Å². The Balaban J connectivity index is 2.36. The molecule has 1 heterocycles. The molecule has 5 heteroatoms. The molecule has 0 aliphatic heterocycles. The number of carbonyl (C=O) groups excluding carboxylic acids is 2. The fraction of sp³-hybridized carbons (Fsp3) is 0.556. The highest BCUT2D eigenvalue weighted by molar-refractivity contribution is 7.17. The van der Waals surface area contributed by atoms with Crippen molar-refractivity contribution in [1.82, 2.24) is 0 Å². The molecule has 0 spiro atoms. The summed E-state index contributed by atoms with van der Waals surface area (Å²) < 4.78 is 5.21. The molecule has 1 unspecified atom stereocenters. The van der Waals surface area contributed by atoms with E-state index in [-0.39, 0.29) is 11.9 Å². The van der Waals surface area contributed by atoms with Gasteiger partial charge in [0.15, 0.2) is 0 Å². The average Bonchev–Trinajstić information content (AvgIpc) is 2.82. The topological polar surface area (TPSA) is 55.4 Å². The molecule has 1 aromatic heterocycles. The highest BCUT2D eigenvalue weighted by Gasteiger charge is 2.29. The molecule has 0 aromatic carbocycles. The number of esters is 1. The first-order chi connectivity index (χ1) is 11.0. The third kappa shape index (κ3) is 4.22. The predicted octanol–water partition coefficient (Wildman–Crippen LogP) is 4.34. The Hall–Kier alpha value is -1.62. The molecule has 1 aromatic rings. The number of rotatable bonds is 5. The summed E-state index contributed by atoms with van der Waals surface area (Å²) in [6, 6.07) is 0. The van der Waals surface area contributed by atoms with Crippen molar-refractivity contribution < 1.29 is 14.3 Å². The molecule has 2 rings (SSSR count). The van der Waals surface area contributed by atoms with Crippen molar-refractivity contribution >= 4 is 28.2 Å². The van der Waals surface area contributed by atoms with Crippen molar-refractivity contribution in [2.75, 3.05) is 11.9 Å². The minimum atomic E-state index is -0.326. The van der Waals surface area contributed by atoms with Crippen molar-refractivity contribution in [2.24, 2.45) is 5.92 Å². The molecule has 0 bridgehead atoms. The zero-order valence-corrected chi connectivity index (χ0v) is 15.1. The highest BCUT2D eigenvalue weighted by Crippen LogP contribution is 2.40. The van der Waals surface area contributed by atoms with E-state index in [2.05, 4.69) is 12.2 Å². The van der Waals surface area contributed by atoms with Gasteiger partial charge in [-0.2, -0.15) is 0 Å². The summed E-state index contributed by atoms with van der Waals surface area (Å²) in [6.45, 7) is 8.08. The maximum atomic E-state index is 12.4. The second-order valence-corrected chi connectivity index (χ2v) is 7.26. The first-order valence-electron chi connectivity index (χ1n) is 8.23. The molecule has 4 nitrogen and oxygen atoms in total. The van der Waals surface area contributed by atoms with Gasteiger partial charge >= 0.3 is 5.97 Å². The first-order valence-corrected chi connectivity index (χ1v) is 9.05. The van der Waals surface area contributed by atoms with E-state index in [0.29, 0.717) is 23.1 Å². The molecule has 1 N–H and O–H groups in total. The molecular formula is C18H25NO3S. The molecule has 126 valence electrons. The highest BCUT2D eigenvalue weighted by atomic mass is 32.1. The van der Waals surface area contributed by atoms with Gasteiger partial charge in [0, 0.05) is 11.0 Å². The third-order valence-electron chi connectivity index (χ3n) is 4.08. The van der Waals surface area contributed by atoms with Gasteiger partial charge in [0.1, 0.15) is 5.00 Å². The Morgan fingerprint density at radius 3 is 2.70 bits per heavy atom. The van der Waals surface area contributed by atoms with Crippen LogP contribution in [0, 0.1) is 5.92 Å². The smallest absolute Gasteiger partial charge is 0.341 e. The SMILES string of the molecule is CCOC(=O)c1c(NC(=O)C=C(C)C)sc2c1CCC(CC)C2. The second kappa shape index (κ2) is 7.77. The lowest BCUT2D eigenvalue weighted by atomic mass is 9.85. The summed E-state index contributed by atoms with van der Waals surface area (Å²) in [6.07, 6.45) is 5.65. The summed E-state index contributed by atoms with van der Waals surface area (Å²) in [4.78, 5) is 25.6. The summed E-state index contributed by atoms with van der Waals surface area (Å²) in [5.41, 5.74) is 2.56. The molecule has 1 atom stereocenters. The van der Waals surface area contributed by atoms with E-state index in [9.17, 15) is 9.59 Å². The van der Waals surface area contributed by atoms with Crippen molar-refractivity contribution in [3.05, 3.63) is 27.7 Å². The normalized spacial score (nSPS) is 16.4. The summed E-state index contributed by atoms with van der Waals surface area (Å²) in [7, 11) is 0. The maximum absolute atomic E-state index is 12.4. The van der Waals surface area contributed by atoms with E-state index in [0.717, 1.165) is 36.8 Å². The number of anilines is 1. The van der Waals surface area contributed by atoms with Gasteiger partial charge in [-0.1, -0.05) is 18.9 Å². The van der Waals surface area contributed by atoms with Crippen LogP contribution in [0.5, 0.6) is 0 Å². The lowest BCUT2D eigenvalue weighted by Gasteiger charge is -2.20. The van der Waals surface area contributed by atoms with Gasteiger partial charge in [0.25, 0.3) is 0 Å². The van der Waals surface area contributed by atoms with Crippen LogP contribution < -0.4 is 5.32 Å². The number of amides is 1. The number of fused-ring (bicyclic) bond motifs is 1. The minimum absolute atomic E-state index is 0.193. The van der Waals surface area contributed by atoms with Crippen LogP contribution in [0.3, 0.4) is 0 Å². The van der Waals surface area contributed by atoms with Crippen LogP contribution in [0.15, 0.2) is 11.6 Å². The molecule has 1 aliphatic carbocycles. The number of hydrogen-bond acceptors (Lipinski definition) is 4. The average molecular weight is 335 g/mol. The lowest BCUT2D eigenvalue weighted by Crippen LogP contribution is -2.16. The predicted molar refractivity (Wildman–Crippen MR) is 94.1 cm³/mol. The van der Waals surface area contributed by atoms with Crippen molar-refractivity contribution in [3.63, 3.8) is 0 Å². The van der Waals surface area contributed by atoms with Crippen LogP contribution in [0.25, 0.3) is 0 Å². The van der Waals surface area contributed by atoms with Crippen molar-refractivity contribution in [2.45, 2.75) is 53.4 Å². The summed E-state index contributed by atoms with van der Waals surface area (Å²) >= 11 is 1.53. The van der Waals surface area contributed by atoms with Gasteiger partial charge in [-0.05, 0) is 51.5 Å². The number of allylic oxidation sites excluding steroid dienone is 1. The third-order valence-corrected chi connectivity index (χ3v) is 5.25. The van der Waals surface area contributed by atoms with E-state index >= 15 is 0 Å². The van der Waals surface area contributed by atoms with Crippen LogP contribution in [-0.2, 0) is 22.4 Å². The molecular weight excluding hydrogens is 310 g/mol. The van der Waals surface area contributed by atoms with Crippen LogP contribution in [0.1, 0.15) is 61.3 Å². The fourth-order valence-corrected chi connectivity index (χ4v) is 4.27. The number of nitrogens with one attached hydrogen (secondary N) is 1. The summed E-state index contributed by atoms with van der Waals surface area (Å²) in [5.74, 6) is 0.145. The van der Waals surface area contributed by atoms with Crippen LogP contribution in [0.2, 0.25) is 0 Å². The first kappa shape index (κ1) is 17.7. The van der Waals surface area contributed by atoms with E-state index in [1.54, 1.807) is 13.0 Å². The number of carbonyl (C=O) groups is 2. The Kier molecular flexibility index (Phi) is 5.99. The van der Waals surface area contributed by atoms with Crippen LogP contribution in [0.4, 0.5) is 5.00 Å². The standard InChI is InChI=1S/C18H25NO3S/c1-5-12-7-8-13-14(10-12)23-17(16(13)18(21)22-6-2)19-15(20)9-11(3)4/h9,12H,5-8,10H2,1-4H3,(H,19,20). The van der Waals surface area contributed by atoms with Crippen LogP contribution in [-0.4, -0.2) is 18.5 Å². The van der Waals surface area contributed by atoms with Gasteiger partial charge in [-0.3, -0.25) is 4.79 Å². The van der Waals surface area contributed by atoms with Gasteiger partial charge in [-0.25, -0.2) is 4.79 Å². The van der Waals surface area contributed by atoms with Gasteiger partial charge in [-0.15, -0.1) is 11.3 Å². The molecule has 1 amide bonds.